The van der Waals surface area contributed by atoms with Gasteiger partial charge in [0, 0.05) is 19.2 Å². The molecule has 21 heavy (non-hydrogen) atoms. The van der Waals surface area contributed by atoms with Gasteiger partial charge in [-0.15, -0.1) is 0 Å². The van der Waals surface area contributed by atoms with Crippen LogP contribution in [0.2, 0.25) is 0 Å². The standard InChI is InChI=1S/C15H17N3O3/c1-21-14(19)8-5-9-16-15(20)12-10-17-18(11-12)13-6-3-2-4-7-13/h2-4,6-7,10-11H,5,8-9H2,1H3,(H,16,20). The van der Waals surface area contributed by atoms with Crippen molar-refractivity contribution in [2.24, 2.45) is 0 Å². The fraction of sp³-hybridized carbons (Fsp3) is 0.267. The first-order chi connectivity index (χ1) is 10.2. The molecule has 2 aromatic rings. The smallest absolute Gasteiger partial charge is 0.305 e. The predicted molar refractivity (Wildman–Crippen MR) is 77.1 cm³/mol. The van der Waals surface area contributed by atoms with Crippen LogP contribution >= 0.6 is 0 Å². The number of benzene rings is 1. The highest BCUT2D eigenvalue weighted by molar-refractivity contribution is 5.93. The van der Waals surface area contributed by atoms with E-state index in [0.717, 1.165) is 5.69 Å². The van der Waals surface area contributed by atoms with Gasteiger partial charge in [-0.1, -0.05) is 18.2 Å². The van der Waals surface area contributed by atoms with Crippen molar-refractivity contribution in [1.82, 2.24) is 15.1 Å². The number of nitrogens with one attached hydrogen (secondary N) is 1. The van der Waals surface area contributed by atoms with Crippen molar-refractivity contribution in [3.63, 3.8) is 0 Å². The summed E-state index contributed by atoms with van der Waals surface area (Å²) in [7, 11) is 1.35. The Balaban J connectivity index is 1.86. The maximum absolute atomic E-state index is 11.9. The van der Waals surface area contributed by atoms with Crippen LogP contribution in [0.4, 0.5) is 0 Å². The minimum absolute atomic E-state index is 0.206. The molecule has 1 aromatic heterocycles. The van der Waals surface area contributed by atoms with E-state index in [1.165, 1.54) is 13.3 Å². The monoisotopic (exact) mass is 287 g/mol. The second-order valence-electron chi connectivity index (χ2n) is 4.44. The van der Waals surface area contributed by atoms with E-state index in [2.05, 4.69) is 15.2 Å². The number of ether oxygens (including phenoxy) is 1. The first-order valence-corrected chi connectivity index (χ1v) is 6.66. The molecule has 0 spiro atoms. The molecule has 0 aliphatic heterocycles. The van der Waals surface area contributed by atoms with E-state index in [4.69, 9.17) is 0 Å². The van der Waals surface area contributed by atoms with Crippen LogP contribution in [0.1, 0.15) is 23.2 Å². The third-order valence-corrected chi connectivity index (χ3v) is 2.94. The number of aromatic nitrogens is 2. The van der Waals surface area contributed by atoms with Crippen molar-refractivity contribution in [2.75, 3.05) is 13.7 Å². The van der Waals surface area contributed by atoms with Crippen molar-refractivity contribution in [1.29, 1.82) is 0 Å². The number of rotatable bonds is 6. The van der Waals surface area contributed by atoms with Crippen molar-refractivity contribution >= 4 is 11.9 Å². The van der Waals surface area contributed by atoms with Crippen LogP contribution in [0.5, 0.6) is 0 Å². The van der Waals surface area contributed by atoms with Gasteiger partial charge in [-0.3, -0.25) is 9.59 Å². The number of carbonyl (C=O) groups excluding carboxylic acids is 2. The van der Waals surface area contributed by atoms with Crippen LogP contribution in [0.3, 0.4) is 0 Å². The molecule has 1 heterocycles. The Bertz CT molecular complexity index is 608. The van der Waals surface area contributed by atoms with Gasteiger partial charge in [0.1, 0.15) is 0 Å². The zero-order chi connectivity index (χ0) is 15.1. The Kier molecular flexibility index (Phi) is 5.09. The Hall–Kier alpha value is -2.63. The number of esters is 1. The topological polar surface area (TPSA) is 73.2 Å². The molecule has 110 valence electrons. The molecular formula is C15H17N3O3. The average molecular weight is 287 g/mol. The summed E-state index contributed by atoms with van der Waals surface area (Å²) in [5, 5.41) is 6.90. The molecule has 6 nitrogen and oxygen atoms in total. The van der Waals surface area contributed by atoms with Crippen molar-refractivity contribution in [3.05, 3.63) is 48.3 Å². The number of carbonyl (C=O) groups is 2. The summed E-state index contributed by atoms with van der Waals surface area (Å²) in [6, 6.07) is 9.55. The lowest BCUT2D eigenvalue weighted by atomic mass is 10.3. The molecule has 0 aliphatic rings. The molecule has 0 unspecified atom stereocenters. The highest BCUT2D eigenvalue weighted by Crippen LogP contribution is 2.07. The van der Waals surface area contributed by atoms with E-state index in [1.54, 1.807) is 10.9 Å². The van der Waals surface area contributed by atoms with E-state index in [-0.39, 0.29) is 11.9 Å². The summed E-state index contributed by atoms with van der Waals surface area (Å²) in [6.07, 6.45) is 4.03. The van der Waals surface area contributed by atoms with Gasteiger partial charge in [0.15, 0.2) is 0 Å². The Labute approximate surface area is 122 Å². The lowest BCUT2D eigenvalue weighted by Crippen LogP contribution is -2.24. The van der Waals surface area contributed by atoms with Gasteiger partial charge in [0.25, 0.3) is 5.91 Å². The molecule has 2 rings (SSSR count). The maximum Gasteiger partial charge on any atom is 0.305 e. The van der Waals surface area contributed by atoms with E-state index in [0.29, 0.717) is 24.9 Å². The molecule has 0 radical (unpaired) electrons. The van der Waals surface area contributed by atoms with E-state index in [9.17, 15) is 9.59 Å². The van der Waals surface area contributed by atoms with Crippen LogP contribution in [-0.4, -0.2) is 35.3 Å². The van der Waals surface area contributed by atoms with E-state index in [1.807, 2.05) is 30.3 Å². The fourth-order valence-electron chi connectivity index (χ4n) is 1.80. The third kappa shape index (κ3) is 4.17. The predicted octanol–water partition coefficient (Wildman–Crippen LogP) is 1.56. The first kappa shape index (κ1) is 14.8. The van der Waals surface area contributed by atoms with Crippen LogP contribution < -0.4 is 5.32 Å². The number of methoxy groups -OCH3 is 1. The van der Waals surface area contributed by atoms with Crippen molar-refractivity contribution in [2.45, 2.75) is 12.8 Å². The maximum atomic E-state index is 11.9. The summed E-state index contributed by atoms with van der Waals surface area (Å²) < 4.78 is 6.17. The number of amides is 1. The zero-order valence-electron chi connectivity index (χ0n) is 11.8. The van der Waals surface area contributed by atoms with Crippen molar-refractivity contribution < 1.29 is 14.3 Å². The first-order valence-electron chi connectivity index (χ1n) is 6.66. The Morgan fingerprint density at radius 1 is 1.29 bits per heavy atom. The third-order valence-electron chi connectivity index (χ3n) is 2.94. The molecule has 0 saturated carbocycles. The molecule has 0 aliphatic carbocycles. The van der Waals surface area contributed by atoms with Crippen molar-refractivity contribution in [3.8, 4) is 5.69 Å². The number of nitrogens with zero attached hydrogens (tertiary/aromatic N) is 2. The molecule has 0 fully saturated rings. The van der Waals surface area contributed by atoms with Crippen LogP contribution in [0.15, 0.2) is 42.7 Å². The quantitative estimate of drug-likeness (QED) is 0.646. The lowest BCUT2D eigenvalue weighted by molar-refractivity contribution is -0.140. The Morgan fingerprint density at radius 3 is 2.76 bits per heavy atom. The van der Waals surface area contributed by atoms with Gasteiger partial charge >= 0.3 is 5.97 Å². The SMILES string of the molecule is COC(=O)CCCNC(=O)c1cnn(-c2ccccc2)c1. The summed E-state index contributed by atoms with van der Waals surface area (Å²) in [4.78, 5) is 22.9. The Morgan fingerprint density at radius 2 is 2.05 bits per heavy atom. The van der Waals surface area contributed by atoms with Gasteiger partial charge in [0.2, 0.25) is 0 Å². The molecule has 0 bridgehead atoms. The van der Waals surface area contributed by atoms with Crippen LogP contribution in [0, 0.1) is 0 Å². The molecule has 1 aromatic carbocycles. The highest BCUT2D eigenvalue weighted by Gasteiger charge is 2.09. The minimum atomic E-state index is -0.277. The van der Waals surface area contributed by atoms with Gasteiger partial charge in [0.05, 0.1) is 24.6 Å². The summed E-state index contributed by atoms with van der Waals surface area (Å²) >= 11 is 0. The average Bonchev–Trinajstić information content (AvgIpc) is 3.02. The lowest BCUT2D eigenvalue weighted by Gasteiger charge is -2.03. The zero-order valence-corrected chi connectivity index (χ0v) is 11.8. The number of para-hydroxylation sites is 1. The summed E-state index contributed by atoms with van der Waals surface area (Å²) in [6.45, 7) is 0.421. The van der Waals surface area contributed by atoms with Crippen LogP contribution in [0.25, 0.3) is 5.69 Å². The van der Waals surface area contributed by atoms with Gasteiger partial charge in [-0.25, -0.2) is 4.68 Å². The van der Waals surface area contributed by atoms with Gasteiger partial charge < -0.3 is 10.1 Å². The van der Waals surface area contributed by atoms with Gasteiger partial charge in [-0.05, 0) is 18.6 Å². The summed E-state index contributed by atoms with van der Waals surface area (Å²) in [5.41, 5.74) is 1.37. The fourth-order valence-corrected chi connectivity index (χ4v) is 1.80. The largest absolute Gasteiger partial charge is 0.469 e. The molecular weight excluding hydrogens is 270 g/mol. The van der Waals surface area contributed by atoms with Crippen LogP contribution in [-0.2, 0) is 9.53 Å². The summed E-state index contributed by atoms with van der Waals surface area (Å²) in [5.74, 6) is -0.483. The van der Waals surface area contributed by atoms with Gasteiger partial charge in [-0.2, -0.15) is 5.10 Å². The number of hydrogen-bond acceptors (Lipinski definition) is 4. The minimum Gasteiger partial charge on any atom is -0.469 e. The molecule has 1 amide bonds. The molecule has 0 atom stereocenters. The second kappa shape index (κ2) is 7.23. The molecule has 1 N–H and O–H groups in total. The van der Waals surface area contributed by atoms with E-state index < -0.39 is 0 Å². The number of hydrogen-bond donors (Lipinski definition) is 1. The highest BCUT2D eigenvalue weighted by atomic mass is 16.5. The second-order valence-corrected chi connectivity index (χ2v) is 4.44. The molecule has 0 saturated heterocycles. The van der Waals surface area contributed by atoms with E-state index >= 15 is 0 Å². The normalized spacial score (nSPS) is 10.1. The molecule has 6 heteroatoms.